The van der Waals surface area contributed by atoms with Gasteiger partial charge in [0.2, 0.25) is 5.96 Å². The summed E-state index contributed by atoms with van der Waals surface area (Å²) in [5.41, 5.74) is 0.630. The second kappa shape index (κ2) is 7.23. The molecule has 1 N–H and O–H groups in total. The van der Waals surface area contributed by atoms with Crippen LogP contribution in [0.3, 0.4) is 0 Å². The first kappa shape index (κ1) is 17.0. The minimum Gasteiger partial charge on any atom is -0.270 e. The smallest absolute Gasteiger partial charge is 0.227 e. The van der Waals surface area contributed by atoms with E-state index < -0.39 is 11.0 Å². The number of guanidine groups is 1. The van der Waals surface area contributed by atoms with E-state index in [0.717, 1.165) is 13.0 Å². The number of aromatic nitrogens is 2. The summed E-state index contributed by atoms with van der Waals surface area (Å²) in [7, 11) is 0.178. The van der Waals surface area contributed by atoms with Gasteiger partial charge in [-0.1, -0.05) is 18.5 Å². The van der Waals surface area contributed by atoms with Crippen molar-refractivity contribution in [3.05, 3.63) is 10.8 Å². The first-order valence-corrected chi connectivity index (χ1v) is 8.74. The van der Waals surface area contributed by atoms with Crippen LogP contribution in [-0.2, 0) is 18.0 Å². The topological polar surface area (TPSA) is 74.9 Å². The Hall–Kier alpha value is -1.41. The fourth-order valence-corrected chi connectivity index (χ4v) is 3.56. The molecule has 2 unspecified atom stereocenters. The Labute approximate surface area is 138 Å². The molecule has 7 nitrogen and oxygen atoms in total. The third-order valence-corrected chi connectivity index (χ3v) is 5.14. The third kappa shape index (κ3) is 3.49. The minimum atomic E-state index is -1.54. The van der Waals surface area contributed by atoms with Crippen LogP contribution in [0.15, 0.2) is 15.0 Å². The van der Waals surface area contributed by atoms with E-state index in [0.29, 0.717) is 34.2 Å². The number of hydrogen-bond donors (Lipinski definition) is 1. The predicted octanol–water partition coefficient (Wildman–Crippen LogP) is 1.70. The first-order valence-electron chi connectivity index (χ1n) is 7.21. The van der Waals surface area contributed by atoms with Crippen LogP contribution in [0.5, 0.6) is 0 Å². The van der Waals surface area contributed by atoms with Gasteiger partial charge in [0.05, 0.1) is 12.2 Å². The van der Waals surface area contributed by atoms with Crippen molar-refractivity contribution in [3.8, 4) is 0 Å². The van der Waals surface area contributed by atoms with E-state index >= 15 is 0 Å². The standard InChI is InChI=1S/C13H21ClN6OS/c1-5-10-7-16-20(8-10)13(15-6-2)18-22(21)11-9(3)17-19(4)12(11)14/h7,10H,5-6,8H2,1-4H3,(H,15,18). The van der Waals surface area contributed by atoms with Gasteiger partial charge in [-0.2, -0.15) is 10.2 Å². The average Bonchev–Trinajstić information content (AvgIpc) is 3.04. The molecule has 0 aliphatic carbocycles. The van der Waals surface area contributed by atoms with Gasteiger partial charge in [-0.3, -0.25) is 14.4 Å². The summed E-state index contributed by atoms with van der Waals surface area (Å²) < 4.78 is 17.0. The molecule has 1 aromatic rings. The zero-order chi connectivity index (χ0) is 16.3. The number of aryl methyl sites for hydroxylation is 2. The quantitative estimate of drug-likeness (QED) is 0.667. The highest BCUT2D eigenvalue weighted by atomic mass is 35.5. The summed E-state index contributed by atoms with van der Waals surface area (Å²) >= 11 is 6.16. The zero-order valence-electron chi connectivity index (χ0n) is 13.2. The van der Waals surface area contributed by atoms with Crippen molar-refractivity contribution in [1.29, 1.82) is 0 Å². The first-order chi connectivity index (χ1) is 10.5. The highest BCUT2D eigenvalue weighted by molar-refractivity contribution is 7.83. The van der Waals surface area contributed by atoms with Gasteiger partial charge >= 0.3 is 0 Å². The van der Waals surface area contributed by atoms with Crippen LogP contribution in [0, 0.1) is 12.8 Å². The molecule has 1 aliphatic rings. The highest BCUT2D eigenvalue weighted by Gasteiger charge is 2.24. The molecule has 9 heteroatoms. The molecular formula is C13H21ClN6OS. The molecule has 1 aromatic heterocycles. The van der Waals surface area contributed by atoms with Crippen molar-refractivity contribution in [2.24, 2.45) is 23.1 Å². The van der Waals surface area contributed by atoms with Gasteiger partial charge < -0.3 is 0 Å². The molecule has 1 aliphatic heterocycles. The number of halogens is 1. The summed E-state index contributed by atoms with van der Waals surface area (Å²) in [5.74, 6) is 0.883. The van der Waals surface area contributed by atoms with Gasteiger partial charge in [0.15, 0.2) is 11.0 Å². The van der Waals surface area contributed by atoms with Gasteiger partial charge in [-0.25, -0.2) is 9.22 Å². The van der Waals surface area contributed by atoms with Gasteiger partial charge in [0, 0.05) is 25.7 Å². The van der Waals surface area contributed by atoms with Crippen LogP contribution >= 0.6 is 11.6 Å². The van der Waals surface area contributed by atoms with Crippen molar-refractivity contribution in [2.75, 3.05) is 13.1 Å². The molecule has 0 radical (unpaired) electrons. The number of rotatable bonds is 4. The van der Waals surface area contributed by atoms with Crippen LogP contribution in [0.1, 0.15) is 26.0 Å². The normalized spacial score (nSPS) is 19.8. The van der Waals surface area contributed by atoms with Gasteiger partial charge in [-0.15, -0.1) is 0 Å². The van der Waals surface area contributed by atoms with E-state index in [1.165, 1.54) is 4.68 Å². The summed E-state index contributed by atoms with van der Waals surface area (Å²) in [5, 5.41) is 10.6. The lowest BCUT2D eigenvalue weighted by molar-refractivity contribution is 0.431. The Balaban J connectivity index is 2.17. The molecule has 0 saturated heterocycles. The monoisotopic (exact) mass is 344 g/mol. The van der Waals surface area contributed by atoms with Crippen molar-refractivity contribution < 1.29 is 4.21 Å². The third-order valence-electron chi connectivity index (χ3n) is 3.37. The maximum atomic E-state index is 12.6. The van der Waals surface area contributed by atoms with Crippen LogP contribution in [0.2, 0.25) is 5.15 Å². The zero-order valence-corrected chi connectivity index (χ0v) is 14.8. The molecule has 2 atom stereocenters. The average molecular weight is 345 g/mol. The number of nitrogens with zero attached hydrogens (tertiary/aromatic N) is 5. The lowest BCUT2D eigenvalue weighted by Gasteiger charge is -2.18. The van der Waals surface area contributed by atoms with Crippen LogP contribution in [-0.4, -0.2) is 44.3 Å². The molecule has 0 amide bonds. The van der Waals surface area contributed by atoms with E-state index in [1.54, 1.807) is 19.0 Å². The summed E-state index contributed by atoms with van der Waals surface area (Å²) in [6.07, 6.45) is 2.91. The van der Waals surface area contributed by atoms with Gasteiger partial charge in [0.1, 0.15) is 10.0 Å². The lowest BCUT2D eigenvalue weighted by Crippen LogP contribution is -2.39. The molecule has 2 heterocycles. The minimum absolute atomic E-state index is 0.357. The number of nitrogens with one attached hydrogen (secondary N) is 1. The summed E-state index contributed by atoms with van der Waals surface area (Å²) in [6.45, 7) is 7.12. The largest absolute Gasteiger partial charge is 0.270 e. The summed E-state index contributed by atoms with van der Waals surface area (Å²) in [6, 6.07) is 0. The molecule has 0 aromatic carbocycles. The Kier molecular flexibility index (Phi) is 5.57. The van der Waals surface area contributed by atoms with Crippen molar-refractivity contribution in [1.82, 2.24) is 19.5 Å². The van der Waals surface area contributed by atoms with Crippen molar-refractivity contribution in [2.45, 2.75) is 32.1 Å². The van der Waals surface area contributed by atoms with Gasteiger partial charge in [-0.05, 0) is 20.3 Å². The van der Waals surface area contributed by atoms with Crippen molar-refractivity contribution in [3.63, 3.8) is 0 Å². The van der Waals surface area contributed by atoms with E-state index in [-0.39, 0.29) is 0 Å². The maximum absolute atomic E-state index is 12.6. The SMILES string of the molecule is CCN=C(NS(=O)c1c(C)nn(C)c1Cl)N1CC(CC)C=N1. The van der Waals surface area contributed by atoms with E-state index in [1.807, 2.05) is 13.1 Å². The maximum Gasteiger partial charge on any atom is 0.227 e. The Morgan fingerprint density at radius 1 is 1.59 bits per heavy atom. The van der Waals surface area contributed by atoms with E-state index in [9.17, 15) is 4.21 Å². The predicted molar refractivity (Wildman–Crippen MR) is 89.5 cm³/mol. The molecular weight excluding hydrogens is 324 g/mol. The number of hydrogen-bond acceptors (Lipinski definition) is 4. The Bertz CT molecular complexity index is 626. The fraction of sp³-hybridized carbons (Fsp3) is 0.615. The molecule has 0 spiro atoms. The fourth-order valence-electron chi connectivity index (χ4n) is 2.14. The van der Waals surface area contributed by atoms with E-state index in [4.69, 9.17) is 11.6 Å². The molecule has 2 rings (SSSR count). The lowest BCUT2D eigenvalue weighted by atomic mass is 10.1. The Morgan fingerprint density at radius 3 is 2.82 bits per heavy atom. The molecule has 22 heavy (non-hydrogen) atoms. The van der Waals surface area contributed by atoms with Crippen LogP contribution in [0.25, 0.3) is 0 Å². The van der Waals surface area contributed by atoms with Crippen molar-refractivity contribution >= 4 is 34.8 Å². The van der Waals surface area contributed by atoms with E-state index in [2.05, 4.69) is 26.8 Å². The highest BCUT2D eigenvalue weighted by Crippen LogP contribution is 2.22. The molecule has 0 fully saturated rings. The summed E-state index contributed by atoms with van der Waals surface area (Å²) in [4.78, 5) is 4.84. The molecule has 0 bridgehead atoms. The number of aliphatic imine (C=N–C) groups is 1. The molecule has 122 valence electrons. The van der Waals surface area contributed by atoms with Gasteiger partial charge in [0.25, 0.3) is 0 Å². The van der Waals surface area contributed by atoms with Crippen LogP contribution < -0.4 is 4.72 Å². The second-order valence-electron chi connectivity index (χ2n) is 5.01. The molecule has 0 saturated carbocycles. The number of hydrazone groups is 1. The second-order valence-corrected chi connectivity index (χ2v) is 6.52. The van der Waals surface area contributed by atoms with Crippen LogP contribution in [0.4, 0.5) is 0 Å². The Morgan fingerprint density at radius 2 is 2.32 bits per heavy atom.